The van der Waals surface area contributed by atoms with Crippen molar-refractivity contribution in [1.29, 1.82) is 0 Å². The smallest absolute Gasteiger partial charge is 0.278 e. The SMILES string of the molecule is O=C(CNc1ccc([N+](=O)[O-])c2cccnc12)N1CCCc2ccccc21. The molecule has 3 aromatic rings. The van der Waals surface area contributed by atoms with Gasteiger partial charge in [0, 0.05) is 24.5 Å². The highest BCUT2D eigenvalue weighted by molar-refractivity contribution is 6.00. The average molecular weight is 362 g/mol. The number of aromatic nitrogens is 1. The van der Waals surface area contributed by atoms with Crippen molar-refractivity contribution in [3.05, 3.63) is 70.4 Å². The molecule has 2 aromatic carbocycles. The van der Waals surface area contributed by atoms with Crippen LogP contribution < -0.4 is 10.2 Å². The number of non-ortho nitro benzene ring substituents is 1. The lowest BCUT2D eigenvalue weighted by molar-refractivity contribution is -0.383. The highest BCUT2D eigenvalue weighted by Crippen LogP contribution is 2.30. The number of hydrogen-bond donors (Lipinski definition) is 1. The van der Waals surface area contributed by atoms with Crippen LogP contribution >= 0.6 is 0 Å². The number of amides is 1. The van der Waals surface area contributed by atoms with Gasteiger partial charge in [-0.1, -0.05) is 18.2 Å². The second-order valence-electron chi connectivity index (χ2n) is 6.42. The molecular weight excluding hydrogens is 344 g/mol. The minimum absolute atomic E-state index is 0.0000607. The fourth-order valence-electron chi connectivity index (χ4n) is 3.52. The quantitative estimate of drug-likeness (QED) is 0.566. The first-order valence-corrected chi connectivity index (χ1v) is 8.79. The summed E-state index contributed by atoms with van der Waals surface area (Å²) in [6, 6.07) is 14.3. The van der Waals surface area contributed by atoms with Crippen molar-refractivity contribution in [3.8, 4) is 0 Å². The molecule has 7 nitrogen and oxygen atoms in total. The second-order valence-corrected chi connectivity index (χ2v) is 6.42. The lowest BCUT2D eigenvalue weighted by atomic mass is 10.0. The Morgan fingerprint density at radius 1 is 1.19 bits per heavy atom. The molecule has 0 fully saturated rings. The summed E-state index contributed by atoms with van der Waals surface area (Å²) in [7, 11) is 0. The van der Waals surface area contributed by atoms with Crippen LogP contribution in [-0.4, -0.2) is 28.9 Å². The first kappa shape index (κ1) is 17.0. The molecule has 1 aromatic heterocycles. The van der Waals surface area contributed by atoms with Crippen molar-refractivity contribution >= 4 is 33.9 Å². The van der Waals surface area contributed by atoms with Gasteiger partial charge in [-0.2, -0.15) is 0 Å². The van der Waals surface area contributed by atoms with E-state index in [1.54, 1.807) is 29.3 Å². The molecule has 4 rings (SSSR count). The van der Waals surface area contributed by atoms with Gasteiger partial charge in [0.1, 0.15) is 5.52 Å². The van der Waals surface area contributed by atoms with Gasteiger partial charge in [-0.15, -0.1) is 0 Å². The molecule has 1 aliphatic rings. The predicted octanol–water partition coefficient (Wildman–Crippen LogP) is 3.53. The molecule has 2 heterocycles. The maximum Gasteiger partial charge on any atom is 0.278 e. The molecule has 0 spiro atoms. The van der Waals surface area contributed by atoms with Crippen molar-refractivity contribution in [3.63, 3.8) is 0 Å². The van der Waals surface area contributed by atoms with E-state index < -0.39 is 4.92 Å². The van der Waals surface area contributed by atoms with Crippen molar-refractivity contribution in [1.82, 2.24) is 4.98 Å². The van der Waals surface area contributed by atoms with E-state index >= 15 is 0 Å². The maximum atomic E-state index is 12.8. The Labute approximate surface area is 155 Å². The topological polar surface area (TPSA) is 88.4 Å². The third-order valence-electron chi connectivity index (χ3n) is 4.78. The van der Waals surface area contributed by atoms with Crippen molar-refractivity contribution < 1.29 is 9.72 Å². The molecule has 1 amide bonds. The van der Waals surface area contributed by atoms with Crippen LogP contribution in [0.1, 0.15) is 12.0 Å². The molecule has 0 radical (unpaired) electrons. The van der Waals surface area contributed by atoms with Crippen LogP contribution in [0.3, 0.4) is 0 Å². The number of aryl methyl sites for hydroxylation is 1. The molecule has 0 aliphatic carbocycles. The van der Waals surface area contributed by atoms with Crippen LogP contribution in [0.5, 0.6) is 0 Å². The number of rotatable bonds is 4. The molecule has 0 bridgehead atoms. The first-order chi connectivity index (χ1) is 13.1. The normalized spacial score (nSPS) is 13.3. The zero-order chi connectivity index (χ0) is 18.8. The van der Waals surface area contributed by atoms with E-state index in [-0.39, 0.29) is 18.1 Å². The van der Waals surface area contributed by atoms with Crippen molar-refractivity contribution in [2.75, 3.05) is 23.3 Å². The van der Waals surface area contributed by atoms with E-state index in [9.17, 15) is 14.9 Å². The van der Waals surface area contributed by atoms with E-state index in [1.165, 1.54) is 11.6 Å². The molecule has 27 heavy (non-hydrogen) atoms. The third-order valence-corrected chi connectivity index (χ3v) is 4.78. The molecule has 0 unspecified atom stereocenters. The maximum absolute atomic E-state index is 12.8. The van der Waals surface area contributed by atoms with Gasteiger partial charge < -0.3 is 10.2 Å². The summed E-state index contributed by atoms with van der Waals surface area (Å²) in [5.74, 6) is -0.0374. The monoisotopic (exact) mass is 362 g/mol. The third kappa shape index (κ3) is 3.19. The number of para-hydroxylation sites is 1. The van der Waals surface area contributed by atoms with Gasteiger partial charge in [0.25, 0.3) is 5.69 Å². The average Bonchev–Trinajstić information content (AvgIpc) is 2.71. The summed E-state index contributed by atoms with van der Waals surface area (Å²) in [4.78, 5) is 29.6. The Hall–Kier alpha value is -3.48. The lowest BCUT2D eigenvalue weighted by Crippen LogP contribution is -2.39. The number of benzene rings is 2. The number of nitro groups is 1. The summed E-state index contributed by atoms with van der Waals surface area (Å²) in [6.45, 7) is 0.786. The van der Waals surface area contributed by atoms with Gasteiger partial charge in [0.15, 0.2) is 0 Å². The Kier molecular flexibility index (Phi) is 4.42. The van der Waals surface area contributed by atoms with E-state index in [2.05, 4.69) is 16.4 Å². The fourth-order valence-corrected chi connectivity index (χ4v) is 3.52. The van der Waals surface area contributed by atoms with Crippen LogP contribution in [-0.2, 0) is 11.2 Å². The Bertz CT molecular complexity index is 1030. The number of hydrogen-bond acceptors (Lipinski definition) is 5. The molecular formula is C20H18N4O3. The predicted molar refractivity (Wildman–Crippen MR) is 104 cm³/mol. The number of fused-ring (bicyclic) bond motifs is 2. The van der Waals surface area contributed by atoms with Crippen LogP contribution in [0.4, 0.5) is 17.1 Å². The van der Waals surface area contributed by atoms with Crippen LogP contribution in [0.15, 0.2) is 54.7 Å². The molecule has 0 saturated heterocycles. The van der Waals surface area contributed by atoms with Gasteiger partial charge in [0.05, 0.1) is 22.5 Å². The standard InChI is InChI=1S/C20H18N4O3/c25-19(23-12-4-6-14-5-1-2-8-17(14)23)13-22-16-9-10-18(24(26)27)15-7-3-11-21-20(15)16/h1-3,5,7-11,22H,4,6,12-13H2. The van der Waals surface area contributed by atoms with E-state index in [4.69, 9.17) is 0 Å². The fraction of sp³-hybridized carbons (Fsp3) is 0.200. The van der Waals surface area contributed by atoms with E-state index in [1.807, 2.05) is 18.2 Å². The Morgan fingerprint density at radius 2 is 2.04 bits per heavy atom. The van der Waals surface area contributed by atoms with Gasteiger partial charge in [0.2, 0.25) is 5.91 Å². The highest BCUT2D eigenvalue weighted by atomic mass is 16.6. The zero-order valence-electron chi connectivity index (χ0n) is 14.6. The summed E-state index contributed by atoms with van der Waals surface area (Å²) in [5.41, 5.74) is 3.23. The molecule has 7 heteroatoms. The van der Waals surface area contributed by atoms with E-state index in [0.29, 0.717) is 23.1 Å². The molecule has 136 valence electrons. The minimum atomic E-state index is -0.427. The van der Waals surface area contributed by atoms with Gasteiger partial charge >= 0.3 is 0 Å². The van der Waals surface area contributed by atoms with E-state index in [0.717, 1.165) is 18.5 Å². The summed E-state index contributed by atoms with van der Waals surface area (Å²) in [6.07, 6.45) is 3.50. The molecule has 1 N–H and O–H groups in total. The number of pyridine rings is 1. The van der Waals surface area contributed by atoms with Crippen LogP contribution in [0, 0.1) is 10.1 Å². The van der Waals surface area contributed by atoms with Crippen molar-refractivity contribution in [2.24, 2.45) is 0 Å². The highest BCUT2D eigenvalue weighted by Gasteiger charge is 2.22. The summed E-state index contributed by atoms with van der Waals surface area (Å²) < 4.78 is 0. The Balaban J connectivity index is 1.57. The number of anilines is 2. The Morgan fingerprint density at radius 3 is 2.89 bits per heavy atom. The van der Waals surface area contributed by atoms with Crippen LogP contribution in [0.25, 0.3) is 10.9 Å². The number of nitro benzene ring substituents is 1. The first-order valence-electron chi connectivity index (χ1n) is 8.79. The van der Waals surface area contributed by atoms with Gasteiger partial charge in [-0.3, -0.25) is 19.9 Å². The van der Waals surface area contributed by atoms with Crippen molar-refractivity contribution in [2.45, 2.75) is 12.8 Å². The lowest BCUT2D eigenvalue weighted by Gasteiger charge is -2.29. The number of carbonyl (C=O) groups excluding carboxylic acids is 1. The summed E-state index contributed by atoms with van der Waals surface area (Å²) in [5, 5.41) is 14.8. The number of nitrogens with zero attached hydrogens (tertiary/aromatic N) is 3. The van der Waals surface area contributed by atoms with Gasteiger partial charge in [-0.25, -0.2) is 0 Å². The molecule has 0 atom stereocenters. The van der Waals surface area contributed by atoms with Gasteiger partial charge in [-0.05, 0) is 42.7 Å². The number of nitrogens with one attached hydrogen (secondary N) is 1. The second kappa shape index (κ2) is 7.03. The minimum Gasteiger partial charge on any atom is -0.374 e. The molecule has 0 saturated carbocycles. The largest absolute Gasteiger partial charge is 0.374 e. The molecule has 1 aliphatic heterocycles. The number of carbonyl (C=O) groups is 1. The van der Waals surface area contributed by atoms with Crippen LogP contribution in [0.2, 0.25) is 0 Å². The summed E-state index contributed by atoms with van der Waals surface area (Å²) >= 11 is 0. The zero-order valence-corrected chi connectivity index (χ0v) is 14.6.